The minimum atomic E-state index is 0.183. The summed E-state index contributed by atoms with van der Waals surface area (Å²) in [6, 6.07) is 8.47. The number of carbonyl (C=O) groups excluding carboxylic acids is 1. The summed E-state index contributed by atoms with van der Waals surface area (Å²) in [4.78, 5) is 10.2. The Morgan fingerprint density at radius 2 is 2.23 bits per heavy atom. The second-order valence-corrected chi connectivity index (χ2v) is 3.39. The summed E-state index contributed by atoms with van der Waals surface area (Å²) < 4.78 is 0. The number of hydrogen-bond acceptors (Lipinski definition) is 1. The van der Waals surface area contributed by atoms with Crippen molar-refractivity contribution in [1.29, 1.82) is 0 Å². The third-order valence-electron chi connectivity index (χ3n) is 2.60. The van der Waals surface area contributed by atoms with Gasteiger partial charge in [-0.2, -0.15) is 0 Å². The molecule has 13 heavy (non-hydrogen) atoms. The van der Waals surface area contributed by atoms with Gasteiger partial charge in [-0.1, -0.05) is 24.3 Å². The molecule has 0 fully saturated rings. The van der Waals surface area contributed by atoms with Gasteiger partial charge in [-0.3, -0.25) is 4.79 Å². The predicted octanol–water partition coefficient (Wildman–Crippen LogP) is 1.72. The van der Waals surface area contributed by atoms with Gasteiger partial charge in [0.05, 0.1) is 6.04 Å². The van der Waals surface area contributed by atoms with E-state index in [9.17, 15) is 4.79 Å². The molecule has 1 unspecified atom stereocenters. The van der Waals surface area contributed by atoms with E-state index in [4.69, 9.17) is 0 Å². The SMILES string of the molecule is O=[C]NC1CCCc2ccccc21. The van der Waals surface area contributed by atoms with Crippen LogP contribution in [0.1, 0.15) is 30.0 Å². The largest absolute Gasteiger partial charge is 0.341 e. The summed E-state index contributed by atoms with van der Waals surface area (Å²) in [5.74, 6) is 0. The van der Waals surface area contributed by atoms with Crippen LogP contribution in [0.5, 0.6) is 0 Å². The molecule has 1 aromatic carbocycles. The van der Waals surface area contributed by atoms with Gasteiger partial charge in [-0.15, -0.1) is 0 Å². The number of amides is 1. The van der Waals surface area contributed by atoms with Gasteiger partial charge in [0.1, 0.15) is 0 Å². The Bertz CT molecular complexity index is 309. The molecule has 1 N–H and O–H groups in total. The number of nitrogens with one attached hydrogen (secondary N) is 1. The molecule has 1 aliphatic carbocycles. The molecule has 2 rings (SSSR count). The normalized spacial score (nSPS) is 20.5. The zero-order valence-electron chi connectivity index (χ0n) is 7.42. The summed E-state index contributed by atoms with van der Waals surface area (Å²) in [6.45, 7) is 0. The lowest BCUT2D eigenvalue weighted by molar-refractivity contribution is 0.486. The summed E-state index contributed by atoms with van der Waals surface area (Å²) in [7, 11) is 0. The Morgan fingerprint density at radius 1 is 1.38 bits per heavy atom. The van der Waals surface area contributed by atoms with Gasteiger partial charge in [0.2, 0.25) is 0 Å². The molecule has 1 amide bonds. The van der Waals surface area contributed by atoms with Crippen LogP contribution in [0.25, 0.3) is 0 Å². The topological polar surface area (TPSA) is 29.1 Å². The maximum absolute atomic E-state index is 10.2. The lowest BCUT2D eigenvalue weighted by atomic mass is 9.88. The minimum absolute atomic E-state index is 0.183. The summed E-state index contributed by atoms with van der Waals surface area (Å²) in [6.07, 6.45) is 5.09. The fraction of sp³-hybridized carbons (Fsp3) is 0.364. The van der Waals surface area contributed by atoms with Gasteiger partial charge in [0, 0.05) is 0 Å². The first-order valence-electron chi connectivity index (χ1n) is 4.62. The van der Waals surface area contributed by atoms with E-state index in [2.05, 4.69) is 17.4 Å². The molecule has 0 heterocycles. The Hall–Kier alpha value is -1.31. The van der Waals surface area contributed by atoms with Crippen LogP contribution >= 0.6 is 0 Å². The van der Waals surface area contributed by atoms with Gasteiger partial charge in [0.15, 0.2) is 0 Å². The first kappa shape index (κ1) is 8.30. The number of aryl methyl sites for hydroxylation is 1. The van der Waals surface area contributed by atoms with Crippen LogP contribution in [0, 0.1) is 0 Å². The zero-order valence-corrected chi connectivity index (χ0v) is 7.42. The van der Waals surface area contributed by atoms with E-state index in [1.54, 1.807) is 6.41 Å². The van der Waals surface area contributed by atoms with E-state index in [0.29, 0.717) is 0 Å². The van der Waals surface area contributed by atoms with Gasteiger partial charge >= 0.3 is 6.41 Å². The fourth-order valence-electron chi connectivity index (χ4n) is 1.98. The van der Waals surface area contributed by atoms with Crippen LogP contribution < -0.4 is 5.32 Å². The second kappa shape index (κ2) is 3.60. The van der Waals surface area contributed by atoms with Crippen molar-refractivity contribution >= 4 is 6.41 Å². The average Bonchev–Trinajstić information content (AvgIpc) is 2.19. The van der Waals surface area contributed by atoms with Gasteiger partial charge in [0.25, 0.3) is 0 Å². The molecule has 2 nitrogen and oxygen atoms in total. The number of fused-ring (bicyclic) bond motifs is 1. The van der Waals surface area contributed by atoms with Crippen LogP contribution in [0.4, 0.5) is 0 Å². The fourth-order valence-corrected chi connectivity index (χ4v) is 1.98. The van der Waals surface area contributed by atoms with Crippen molar-refractivity contribution in [3.05, 3.63) is 35.4 Å². The Morgan fingerprint density at radius 3 is 3.08 bits per heavy atom. The van der Waals surface area contributed by atoms with Crippen molar-refractivity contribution < 1.29 is 4.79 Å². The van der Waals surface area contributed by atoms with Crippen molar-refractivity contribution in [1.82, 2.24) is 5.32 Å². The lowest BCUT2D eigenvalue weighted by Crippen LogP contribution is -2.23. The maximum atomic E-state index is 10.2. The van der Waals surface area contributed by atoms with E-state index in [1.807, 2.05) is 12.1 Å². The predicted molar refractivity (Wildman–Crippen MR) is 51.0 cm³/mol. The molecule has 0 saturated carbocycles. The van der Waals surface area contributed by atoms with Gasteiger partial charge < -0.3 is 5.32 Å². The van der Waals surface area contributed by atoms with E-state index < -0.39 is 0 Å². The minimum Gasteiger partial charge on any atom is -0.341 e. The Kier molecular flexibility index (Phi) is 2.30. The Balaban J connectivity index is 2.31. The van der Waals surface area contributed by atoms with Gasteiger partial charge in [-0.05, 0) is 30.4 Å². The Labute approximate surface area is 78.0 Å². The van der Waals surface area contributed by atoms with Crippen molar-refractivity contribution in [2.45, 2.75) is 25.3 Å². The lowest BCUT2D eigenvalue weighted by Gasteiger charge is -2.24. The van der Waals surface area contributed by atoms with Crippen molar-refractivity contribution in [2.75, 3.05) is 0 Å². The standard InChI is InChI=1S/C11H12NO/c13-8-12-11-7-3-5-9-4-1-2-6-10(9)11/h1-2,4,6,11H,3,5,7H2,(H,12,13). The molecular formula is C11H12NO. The molecule has 1 aromatic rings. The van der Waals surface area contributed by atoms with E-state index in [1.165, 1.54) is 11.1 Å². The smallest absolute Gasteiger partial charge is 0.309 e. The molecule has 1 radical (unpaired) electrons. The van der Waals surface area contributed by atoms with E-state index in [0.717, 1.165) is 19.3 Å². The van der Waals surface area contributed by atoms with E-state index in [-0.39, 0.29) is 6.04 Å². The first-order valence-corrected chi connectivity index (χ1v) is 4.62. The van der Waals surface area contributed by atoms with Gasteiger partial charge in [-0.25, -0.2) is 0 Å². The highest BCUT2D eigenvalue weighted by molar-refractivity contribution is 5.49. The number of rotatable bonds is 2. The van der Waals surface area contributed by atoms with Crippen molar-refractivity contribution in [2.24, 2.45) is 0 Å². The average molecular weight is 174 g/mol. The van der Waals surface area contributed by atoms with E-state index >= 15 is 0 Å². The molecule has 2 heteroatoms. The van der Waals surface area contributed by atoms with Crippen LogP contribution in [-0.2, 0) is 11.2 Å². The van der Waals surface area contributed by atoms with Crippen LogP contribution in [0.3, 0.4) is 0 Å². The van der Waals surface area contributed by atoms with Crippen LogP contribution in [0.15, 0.2) is 24.3 Å². The molecule has 0 saturated heterocycles. The molecule has 0 spiro atoms. The van der Waals surface area contributed by atoms with Crippen molar-refractivity contribution in [3.63, 3.8) is 0 Å². The molecule has 0 aliphatic heterocycles. The summed E-state index contributed by atoms with van der Waals surface area (Å²) in [5.41, 5.74) is 2.62. The highest BCUT2D eigenvalue weighted by Gasteiger charge is 2.18. The zero-order chi connectivity index (χ0) is 9.10. The quantitative estimate of drug-likeness (QED) is 0.679. The molecule has 0 aromatic heterocycles. The molecule has 0 bridgehead atoms. The molecule has 1 atom stereocenters. The van der Waals surface area contributed by atoms with Crippen LogP contribution in [0.2, 0.25) is 0 Å². The summed E-state index contributed by atoms with van der Waals surface area (Å²) >= 11 is 0. The molecule has 67 valence electrons. The number of benzene rings is 1. The molecule has 1 aliphatic rings. The first-order chi connectivity index (χ1) is 6.42. The second-order valence-electron chi connectivity index (χ2n) is 3.39. The highest BCUT2D eigenvalue weighted by Crippen LogP contribution is 2.28. The van der Waals surface area contributed by atoms with Crippen molar-refractivity contribution in [3.8, 4) is 0 Å². The third kappa shape index (κ3) is 1.57. The van der Waals surface area contributed by atoms with Crippen LogP contribution in [-0.4, -0.2) is 6.41 Å². The summed E-state index contributed by atoms with van der Waals surface area (Å²) in [5, 5.41) is 2.74. The highest BCUT2D eigenvalue weighted by atomic mass is 16.1. The third-order valence-corrected chi connectivity index (χ3v) is 2.60. The monoisotopic (exact) mass is 174 g/mol. The maximum Gasteiger partial charge on any atom is 0.309 e. The number of hydrogen-bond donors (Lipinski definition) is 1. The molecular weight excluding hydrogens is 162 g/mol.